The standard InChI is InChI=1S/C17H22N4O3/c1-12-11-18-9-10-21(12)16(22)8-7-15-19-17(20-24-15)13-3-5-14(23-2)6-4-13/h3-6,12,18H,7-11H2,1-2H3/t12-/m0/s1. The third kappa shape index (κ3) is 3.73. The van der Waals surface area contributed by atoms with Crippen molar-refractivity contribution in [1.82, 2.24) is 20.4 Å². The van der Waals surface area contributed by atoms with Crippen LogP contribution >= 0.6 is 0 Å². The third-order valence-corrected chi connectivity index (χ3v) is 4.19. The number of nitrogens with zero attached hydrogens (tertiary/aromatic N) is 3. The Labute approximate surface area is 141 Å². The van der Waals surface area contributed by atoms with E-state index >= 15 is 0 Å². The minimum absolute atomic E-state index is 0.133. The van der Waals surface area contributed by atoms with Gasteiger partial charge in [-0.1, -0.05) is 5.16 Å². The van der Waals surface area contributed by atoms with E-state index in [-0.39, 0.29) is 11.9 Å². The molecule has 0 saturated carbocycles. The zero-order valence-electron chi connectivity index (χ0n) is 14.0. The van der Waals surface area contributed by atoms with Gasteiger partial charge in [-0.05, 0) is 31.2 Å². The summed E-state index contributed by atoms with van der Waals surface area (Å²) in [5, 5.41) is 7.26. The van der Waals surface area contributed by atoms with Crippen LogP contribution in [-0.2, 0) is 11.2 Å². The van der Waals surface area contributed by atoms with Gasteiger partial charge < -0.3 is 19.5 Å². The Kier molecular flexibility index (Phi) is 5.10. The Hall–Kier alpha value is -2.41. The highest BCUT2D eigenvalue weighted by molar-refractivity contribution is 5.76. The van der Waals surface area contributed by atoms with Gasteiger partial charge in [-0.25, -0.2) is 0 Å². The van der Waals surface area contributed by atoms with E-state index in [4.69, 9.17) is 9.26 Å². The number of hydrogen-bond acceptors (Lipinski definition) is 6. The normalized spacial score (nSPS) is 17.8. The van der Waals surface area contributed by atoms with Gasteiger partial charge in [0.25, 0.3) is 0 Å². The molecule has 0 bridgehead atoms. The number of aryl methyl sites for hydroxylation is 1. The lowest BCUT2D eigenvalue weighted by Crippen LogP contribution is -2.52. The molecular weight excluding hydrogens is 308 g/mol. The topological polar surface area (TPSA) is 80.5 Å². The monoisotopic (exact) mass is 330 g/mol. The number of rotatable bonds is 5. The molecule has 1 aliphatic rings. The van der Waals surface area contributed by atoms with Crippen molar-refractivity contribution in [2.45, 2.75) is 25.8 Å². The highest BCUT2D eigenvalue weighted by Crippen LogP contribution is 2.20. The number of carbonyl (C=O) groups excluding carboxylic acids is 1. The minimum atomic E-state index is 0.133. The predicted octanol–water partition coefficient (Wildman–Crippen LogP) is 1.50. The summed E-state index contributed by atoms with van der Waals surface area (Å²) in [7, 11) is 1.62. The molecule has 0 unspecified atom stereocenters. The molecule has 2 heterocycles. The number of aromatic nitrogens is 2. The van der Waals surface area contributed by atoms with Gasteiger partial charge in [-0.3, -0.25) is 4.79 Å². The van der Waals surface area contributed by atoms with Gasteiger partial charge in [-0.2, -0.15) is 4.98 Å². The Morgan fingerprint density at radius 3 is 2.92 bits per heavy atom. The van der Waals surface area contributed by atoms with Crippen LogP contribution in [0, 0.1) is 0 Å². The second kappa shape index (κ2) is 7.44. The largest absolute Gasteiger partial charge is 0.497 e. The molecule has 1 N–H and O–H groups in total. The van der Waals surface area contributed by atoms with Gasteiger partial charge in [-0.15, -0.1) is 0 Å². The number of ether oxygens (including phenoxy) is 1. The molecule has 24 heavy (non-hydrogen) atoms. The van der Waals surface area contributed by atoms with Crippen molar-refractivity contribution in [3.05, 3.63) is 30.2 Å². The Bertz CT molecular complexity index is 683. The highest BCUT2D eigenvalue weighted by Gasteiger charge is 2.23. The van der Waals surface area contributed by atoms with Crippen LogP contribution in [0.15, 0.2) is 28.8 Å². The summed E-state index contributed by atoms with van der Waals surface area (Å²) in [6.45, 7) is 4.49. The Morgan fingerprint density at radius 1 is 1.42 bits per heavy atom. The molecule has 7 heteroatoms. The number of hydrogen-bond donors (Lipinski definition) is 1. The highest BCUT2D eigenvalue weighted by atomic mass is 16.5. The number of amides is 1. The first-order chi connectivity index (χ1) is 11.7. The van der Waals surface area contributed by atoms with Crippen LogP contribution in [0.4, 0.5) is 0 Å². The van der Waals surface area contributed by atoms with Gasteiger partial charge in [0.2, 0.25) is 17.6 Å². The van der Waals surface area contributed by atoms with Crippen LogP contribution < -0.4 is 10.1 Å². The van der Waals surface area contributed by atoms with Crippen LogP contribution in [0.25, 0.3) is 11.4 Å². The number of benzene rings is 1. The van der Waals surface area contributed by atoms with E-state index in [0.717, 1.165) is 30.9 Å². The first kappa shape index (κ1) is 16.4. The van der Waals surface area contributed by atoms with Crippen molar-refractivity contribution in [3.8, 4) is 17.1 Å². The summed E-state index contributed by atoms with van der Waals surface area (Å²) >= 11 is 0. The fourth-order valence-corrected chi connectivity index (χ4v) is 2.78. The number of methoxy groups -OCH3 is 1. The van der Waals surface area contributed by atoms with Gasteiger partial charge >= 0.3 is 0 Å². The Morgan fingerprint density at radius 2 is 2.21 bits per heavy atom. The van der Waals surface area contributed by atoms with Crippen LogP contribution in [0.3, 0.4) is 0 Å². The summed E-state index contributed by atoms with van der Waals surface area (Å²) in [5.74, 6) is 1.92. The first-order valence-corrected chi connectivity index (χ1v) is 8.14. The zero-order chi connectivity index (χ0) is 16.9. The molecule has 1 atom stereocenters. The van der Waals surface area contributed by atoms with Crippen molar-refractivity contribution < 1.29 is 14.1 Å². The molecule has 1 aliphatic heterocycles. The fourth-order valence-electron chi connectivity index (χ4n) is 2.78. The quantitative estimate of drug-likeness (QED) is 0.895. The van der Waals surface area contributed by atoms with Crippen molar-refractivity contribution >= 4 is 5.91 Å². The van der Waals surface area contributed by atoms with Gasteiger partial charge in [0.05, 0.1) is 7.11 Å². The molecule has 1 aromatic carbocycles. The molecule has 128 valence electrons. The number of piperazine rings is 1. The average molecular weight is 330 g/mol. The van der Waals surface area contributed by atoms with Crippen LogP contribution in [0.5, 0.6) is 5.75 Å². The molecular formula is C17H22N4O3. The van der Waals surface area contributed by atoms with Crippen molar-refractivity contribution in [2.75, 3.05) is 26.7 Å². The van der Waals surface area contributed by atoms with Crippen molar-refractivity contribution in [3.63, 3.8) is 0 Å². The van der Waals surface area contributed by atoms with E-state index in [0.29, 0.717) is 24.6 Å². The summed E-state index contributed by atoms with van der Waals surface area (Å²) in [4.78, 5) is 18.6. The van der Waals surface area contributed by atoms with E-state index < -0.39 is 0 Å². The Balaban J connectivity index is 1.58. The molecule has 0 radical (unpaired) electrons. The van der Waals surface area contributed by atoms with E-state index in [1.54, 1.807) is 7.11 Å². The smallest absolute Gasteiger partial charge is 0.227 e. The minimum Gasteiger partial charge on any atom is -0.497 e. The SMILES string of the molecule is COc1ccc(-c2noc(CCC(=O)N3CCNC[C@@H]3C)n2)cc1. The lowest BCUT2D eigenvalue weighted by atomic mass is 10.2. The fraction of sp³-hybridized carbons (Fsp3) is 0.471. The third-order valence-electron chi connectivity index (χ3n) is 4.19. The average Bonchev–Trinajstić information content (AvgIpc) is 3.09. The van der Waals surface area contributed by atoms with Crippen LogP contribution in [0.1, 0.15) is 19.2 Å². The summed E-state index contributed by atoms with van der Waals surface area (Å²) in [6.07, 6.45) is 0.840. The van der Waals surface area contributed by atoms with E-state index in [1.807, 2.05) is 29.2 Å². The molecule has 3 rings (SSSR count). The first-order valence-electron chi connectivity index (χ1n) is 8.14. The number of carbonyl (C=O) groups is 1. The lowest BCUT2D eigenvalue weighted by Gasteiger charge is -2.34. The molecule has 0 spiro atoms. The zero-order valence-corrected chi connectivity index (χ0v) is 14.0. The van der Waals surface area contributed by atoms with E-state index in [1.165, 1.54) is 0 Å². The second-order valence-electron chi connectivity index (χ2n) is 5.88. The predicted molar refractivity (Wildman–Crippen MR) is 88.7 cm³/mol. The van der Waals surface area contributed by atoms with Crippen molar-refractivity contribution in [2.24, 2.45) is 0 Å². The van der Waals surface area contributed by atoms with E-state index in [9.17, 15) is 4.79 Å². The van der Waals surface area contributed by atoms with Gasteiger partial charge in [0.15, 0.2) is 0 Å². The summed E-state index contributed by atoms with van der Waals surface area (Å²) < 4.78 is 10.4. The van der Waals surface area contributed by atoms with Crippen LogP contribution in [-0.4, -0.2) is 53.7 Å². The number of nitrogens with one attached hydrogen (secondary N) is 1. The van der Waals surface area contributed by atoms with Gasteiger partial charge in [0, 0.05) is 44.1 Å². The van der Waals surface area contributed by atoms with Crippen molar-refractivity contribution in [1.29, 1.82) is 0 Å². The molecule has 1 saturated heterocycles. The molecule has 1 fully saturated rings. The molecule has 0 aliphatic carbocycles. The summed E-state index contributed by atoms with van der Waals surface area (Å²) in [6, 6.07) is 7.67. The van der Waals surface area contributed by atoms with Gasteiger partial charge in [0.1, 0.15) is 5.75 Å². The molecule has 2 aromatic rings. The lowest BCUT2D eigenvalue weighted by molar-refractivity contribution is -0.134. The van der Waals surface area contributed by atoms with E-state index in [2.05, 4.69) is 22.4 Å². The maximum atomic E-state index is 12.3. The molecule has 1 amide bonds. The second-order valence-corrected chi connectivity index (χ2v) is 5.88. The maximum Gasteiger partial charge on any atom is 0.227 e. The van der Waals surface area contributed by atoms with Crippen LogP contribution in [0.2, 0.25) is 0 Å². The molecule has 7 nitrogen and oxygen atoms in total. The summed E-state index contributed by atoms with van der Waals surface area (Å²) in [5.41, 5.74) is 0.854. The molecule has 1 aromatic heterocycles. The maximum absolute atomic E-state index is 12.3.